The monoisotopic (exact) mass is 337 g/mol. The standard InChI is InChI=1S/C14H19N5O3S/c15-13-17-12(20)14(18-13)6-8-19(9-7-14)23(21,22)16-10-11-4-2-1-3-5-11/h1-5,16H,6-10H2,(H3,15,17,18,20). The number of aliphatic imine (C=N–C) groups is 1. The van der Waals surface area contributed by atoms with Crippen LogP contribution in [0.4, 0.5) is 0 Å². The molecule has 0 unspecified atom stereocenters. The molecular formula is C14H19N5O3S. The lowest BCUT2D eigenvalue weighted by molar-refractivity contribution is -0.124. The van der Waals surface area contributed by atoms with Crippen LogP contribution >= 0.6 is 0 Å². The zero-order valence-corrected chi connectivity index (χ0v) is 13.3. The SMILES string of the molecule is NC1=NC2(CCN(S(=O)(=O)NCc3ccccc3)CC2)C(=O)N1. The van der Waals surface area contributed by atoms with E-state index in [4.69, 9.17) is 5.73 Å². The summed E-state index contributed by atoms with van der Waals surface area (Å²) in [5.74, 6) is -0.141. The smallest absolute Gasteiger partial charge is 0.279 e. The summed E-state index contributed by atoms with van der Waals surface area (Å²) in [6, 6.07) is 9.30. The van der Waals surface area contributed by atoms with Gasteiger partial charge in [0.15, 0.2) is 5.96 Å². The van der Waals surface area contributed by atoms with Gasteiger partial charge in [0.25, 0.3) is 16.1 Å². The number of hydrogen-bond acceptors (Lipinski definition) is 5. The molecule has 0 saturated carbocycles. The van der Waals surface area contributed by atoms with Gasteiger partial charge in [0.2, 0.25) is 0 Å². The Morgan fingerprint density at radius 2 is 1.91 bits per heavy atom. The predicted octanol–water partition coefficient (Wildman–Crippen LogP) is -0.700. The number of nitrogens with two attached hydrogens (primary N) is 1. The lowest BCUT2D eigenvalue weighted by Gasteiger charge is -2.34. The molecule has 8 nitrogen and oxygen atoms in total. The topological polar surface area (TPSA) is 117 Å². The second-order valence-corrected chi connectivity index (χ2v) is 7.45. The molecule has 23 heavy (non-hydrogen) atoms. The van der Waals surface area contributed by atoms with Gasteiger partial charge in [0.1, 0.15) is 5.54 Å². The fraction of sp³-hybridized carbons (Fsp3) is 0.429. The van der Waals surface area contributed by atoms with E-state index in [1.807, 2.05) is 30.3 Å². The van der Waals surface area contributed by atoms with Crippen molar-refractivity contribution >= 4 is 22.1 Å². The first-order valence-electron chi connectivity index (χ1n) is 7.37. The summed E-state index contributed by atoms with van der Waals surface area (Å²) in [7, 11) is -3.59. The molecule has 1 aromatic carbocycles. The third kappa shape index (κ3) is 3.21. The Labute approximate surface area is 134 Å². The highest BCUT2D eigenvalue weighted by Crippen LogP contribution is 2.30. The quantitative estimate of drug-likeness (QED) is 0.673. The van der Waals surface area contributed by atoms with E-state index in [9.17, 15) is 13.2 Å². The lowest BCUT2D eigenvalue weighted by atomic mass is 9.89. The Bertz CT molecular complexity index is 724. The van der Waals surface area contributed by atoms with Gasteiger partial charge in [0, 0.05) is 19.6 Å². The van der Waals surface area contributed by atoms with Crippen molar-refractivity contribution in [1.29, 1.82) is 0 Å². The second kappa shape index (κ2) is 5.91. The Balaban J connectivity index is 1.61. The van der Waals surface area contributed by atoms with Gasteiger partial charge in [-0.25, -0.2) is 4.99 Å². The van der Waals surface area contributed by atoms with Crippen LogP contribution in [0, 0.1) is 0 Å². The first kappa shape index (κ1) is 15.9. The Kier molecular flexibility index (Phi) is 4.09. The molecule has 1 saturated heterocycles. The van der Waals surface area contributed by atoms with Crippen LogP contribution in [0.5, 0.6) is 0 Å². The van der Waals surface area contributed by atoms with Crippen LogP contribution in [0.2, 0.25) is 0 Å². The molecule has 1 aromatic rings. The van der Waals surface area contributed by atoms with Crippen molar-refractivity contribution < 1.29 is 13.2 Å². The van der Waals surface area contributed by atoms with Crippen LogP contribution in [-0.4, -0.2) is 43.2 Å². The number of piperidine rings is 1. The summed E-state index contributed by atoms with van der Waals surface area (Å²) in [6.07, 6.45) is 0.650. The van der Waals surface area contributed by atoms with E-state index in [-0.39, 0.29) is 31.5 Å². The molecule has 1 amide bonds. The number of nitrogens with one attached hydrogen (secondary N) is 2. The van der Waals surface area contributed by atoms with Gasteiger partial charge in [-0.05, 0) is 18.4 Å². The molecule has 2 aliphatic rings. The van der Waals surface area contributed by atoms with Crippen LogP contribution in [0.25, 0.3) is 0 Å². The van der Waals surface area contributed by atoms with Crippen molar-refractivity contribution in [2.45, 2.75) is 24.9 Å². The van der Waals surface area contributed by atoms with E-state index in [1.54, 1.807) is 0 Å². The van der Waals surface area contributed by atoms with Crippen molar-refractivity contribution in [3.8, 4) is 0 Å². The third-order valence-corrected chi connectivity index (χ3v) is 5.74. The third-order valence-electron chi connectivity index (χ3n) is 4.19. The summed E-state index contributed by atoms with van der Waals surface area (Å²) in [4.78, 5) is 16.1. The summed E-state index contributed by atoms with van der Waals surface area (Å²) in [5, 5.41) is 2.48. The molecule has 9 heteroatoms. The van der Waals surface area contributed by atoms with Crippen molar-refractivity contribution in [1.82, 2.24) is 14.3 Å². The molecule has 2 heterocycles. The highest BCUT2D eigenvalue weighted by Gasteiger charge is 2.46. The van der Waals surface area contributed by atoms with E-state index in [1.165, 1.54) is 4.31 Å². The highest BCUT2D eigenvalue weighted by molar-refractivity contribution is 7.87. The van der Waals surface area contributed by atoms with E-state index < -0.39 is 15.7 Å². The molecule has 3 rings (SSSR count). The molecule has 0 aliphatic carbocycles. The summed E-state index contributed by atoms with van der Waals surface area (Å²) >= 11 is 0. The average molecular weight is 337 g/mol. The molecular weight excluding hydrogens is 318 g/mol. The Morgan fingerprint density at radius 3 is 2.48 bits per heavy atom. The predicted molar refractivity (Wildman–Crippen MR) is 85.5 cm³/mol. The van der Waals surface area contributed by atoms with Crippen LogP contribution in [0.1, 0.15) is 18.4 Å². The summed E-state index contributed by atoms with van der Waals surface area (Å²) in [6.45, 7) is 0.694. The van der Waals surface area contributed by atoms with E-state index >= 15 is 0 Å². The molecule has 1 spiro atoms. The molecule has 0 radical (unpaired) electrons. The first-order chi connectivity index (χ1) is 10.9. The number of carbonyl (C=O) groups excluding carboxylic acids is 1. The van der Waals surface area contributed by atoms with E-state index in [2.05, 4.69) is 15.0 Å². The van der Waals surface area contributed by atoms with Crippen LogP contribution in [-0.2, 0) is 21.5 Å². The van der Waals surface area contributed by atoms with Crippen LogP contribution < -0.4 is 15.8 Å². The summed E-state index contributed by atoms with van der Waals surface area (Å²) < 4.78 is 28.7. The maximum absolute atomic E-state index is 12.4. The zero-order chi connectivity index (χ0) is 16.5. The number of guanidine groups is 1. The van der Waals surface area contributed by atoms with Crippen LogP contribution in [0.15, 0.2) is 35.3 Å². The zero-order valence-electron chi connectivity index (χ0n) is 12.5. The number of nitrogens with zero attached hydrogens (tertiary/aromatic N) is 2. The van der Waals surface area contributed by atoms with Gasteiger partial charge in [-0.2, -0.15) is 17.4 Å². The molecule has 124 valence electrons. The van der Waals surface area contributed by atoms with Gasteiger partial charge in [-0.1, -0.05) is 30.3 Å². The minimum atomic E-state index is -3.59. The largest absolute Gasteiger partial charge is 0.370 e. The number of amides is 1. The number of rotatable bonds is 4. The number of carbonyl (C=O) groups is 1. The summed E-state index contributed by atoms with van der Waals surface area (Å²) in [5.41, 5.74) is 5.52. The van der Waals surface area contributed by atoms with Gasteiger partial charge >= 0.3 is 0 Å². The normalized spacial score (nSPS) is 21.2. The van der Waals surface area contributed by atoms with Gasteiger partial charge < -0.3 is 5.73 Å². The molecule has 0 atom stereocenters. The van der Waals surface area contributed by atoms with Crippen LogP contribution in [0.3, 0.4) is 0 Å². The van der Waals surface area contributed by atoms with E-state index in [0.29, 0.717) is 12.8 Å². The average Bonchev–Trinajstić information content (AvgIpc) is 2.80. The molecule has 4 N–H and O–H groups in total. The minimum absolute atomic E-state index is 0.105. The van der Waals surface area contributed by atoms with Crippen molar-refractivity contribution in [2.75, 3.05) is 13.1 Å². The maximum atomic E-state index is 12.4. The minimum Gasteiger partial charge on any atom is -0.370 e. The molecule has 0 aromatic heterocycles. The van der Waals surface area contributed by atoms with Crippen molar-refractivity contribution in [3.63, 3.8) is 0 Å². The highest BCUT2D eigenvalue weighted by atomic mass is 32.2. The maximum Gasteiger partial charge on any atom is 0.279 e. The van der Waals surface area contributed by atoms with Gasteiger partial charge in [-0.15, -0.1) is 0 Å². The fourth-order valence-electron chi connectivity index (χ4n) is 2.84. The van der Waals surface area contributed by atoms with Crippen molar-refractivity contribution in [2.24, 2.45) is 10.7 Å². The number of benzene rings is 1. The first-order valence-corrected chi connectivity index (χ1v) is 8.81. The number of hydrogen-bond donors (Lipinski definition) is 3. The van der Waals surface area contributed by atoms with Gasteiger partial charge in [0.05, 0.1) is 0 Å². The Morgan fingerprint density at radius 1 is 1.26 bits per heavy atom. The molecule has 0 bridgehead atoms. The van der Waals surface area contributed by atoms with E-state index in [0.717, 1.165) is 5.56 Å². The molecule has 1 fully saturated rings. The molecule has 2 aliphatic heterocycles. The Hall–Kier alpha value is -1.97. The second-order valence-electron chi connectivity index (χ2n) is 5.69. The lowest BCUT2D eigenvalue weighted by Crippen LogP contribution is -2.52. The van der Waals surface area contributed by atoms with Crippen molar-refractivity contribution in [3.05, 3.63) is 35.9 Å². The van der Waals surface area contributed by atoms with Gasteiger partial charge in [-0.3, -0.25) is 10.1 Å². The fourth-order valence-corrected chi connectivity index (χ4v) is 4.03.